The third-order valence-corrected chi connectivity index (χ3v) is 3.66. The van der Waals surface area contributed by atoms with Crippen molar-refractivity contribution in [3.8, 4) is 0 Å². The van der Waals surface area contributed by atoms with E-state index in [4.69, 9.17) is 4.74 Å². The number of rotatable bonds is 0. The van der Waals surface area contributed by atoms with E-state index in [1.54, 1.807) is 0 Å². The average Bonchev–Trinajstić information content (AvgIpc) is 2.08. The first-order valence-corrected chi connectivity index (χ1v) is 5.29. The summed E-state index contributed by atoms with van der Waals surface area (Å²) in [4.78, 5) is 0. The summed E-state index contributed by atoms with van der Waals surface area (Å²) in [5, 5.41) is 0. The molecule has 0 N–H and O–H groups in total. The minimum Gasteiger partial charge on any atom is -0.375 e. The number of thioether (sulfide) groups is 1. The molecule has 0 amide bonds. The van der Waals surface area contributed by atoms with Gasteiger partial charge in [-0.1, -0.05) is 0 Å². The van der Waals surface area contributed by atoms with Crippen molar-refractivity contribution >= 4 is 11.8 Å². The first-order chi connectivity index (χ1) is 4.91. The summed E-state index contributed by atoms with van der Waals surface area (Å²) in [6.07, 6.45) is 5.32. The van der Waals surface area contributed by atoms with E-state index >= 15 is 0 Å². The summed E-state index contributed by atoms with van der Waals surface area (Å²) in [6.45, 7) is 1.02. The Morgan fingerprint density at radius 1 is 1.10 bits per heavy atom. The summed E-state index contributed by atoms with van der Waals surface area (Å²) in [5.74, 6) is 2.67. The van der Waals surface area contributed by atoms with Crippen LogP contribution >= 0.6 is 11.8 Å². The predicted molar refractivity (Wildman–Crippen MR) is 44.5 cm³/mol. The molecule has 0 saturated carbocycles. The maximum Gasteiger partial charge on any atom is 0.0712 e. The van der Waals surface area contributed by atoms with Crippen LogP contribution in [0.2, 0.25) is 0 Å². The highest BCUT2D eigenvalue weighted by Gasteiger charge is 2.38. The van der Waals surface area contributed by atoms with Gasteiger partial charge in [0.1, 0.15) is 0 Å². The molecule has 2 fully saturated rings. The van der Waals surface area contributed by atoms with E-state index in [9.17, 15) is 0 Å². The maximum absolute atomic E-state index is 5.63. The van der Waals surface area contributed by atoms with Crippen LogP contribution in [0.5, 0.6) is 0 Å². The molecule has 0 bridgehead atoms. The van der Waals surface area contributed by atoms with Gasteiger partial charge in [-0.2, -0.15) is 11.8 Å². The summed E-state index contributed by atoms with van der Waals surface area (Å²) in [7, 11) is 0. The normalized spacial score (nSPS) is 40.8. The van der Waals surface area contributed by atoms with Crippen LogP contribution in [-0.4, -0.2) is 23.7 Å². The Bertz CT molecular complexity index is 110. The van der Waals surface area contributed by atoms with E-state index in [0.29, 0.717) is 5.60 Å². The molecular formula is C8H14OS. The van der Waals surface area contributed by atoms with Crippen molar-refractivity contribution in [1.29, 1.82) is 0 Å². The van der Waals surface area contributed by atoms with E-state index in [1.165, 1.54) is 37.2 Å². The summed E-state index contributed by atoms with van der Waals surface area (Å²) >= 11 is 2.09. The summed E-state index contributed by atoms with van der Waals surface area (Å²) in [6, 6.07) is 0. The number of hydrogen-bond acceptors (Lipinski definition) is 2. The third kappa shape index (κ3) is 1.19. The Morgan fingerprint density at radius 2 is 2.00 bits per heavy atom. The molecule has 2 heteroatoms. The van der Waals surface area contributed by atoms with E-state index in [0.717, 1.165) is 6.61 Å². The molecule has 1 nitrogen and oxygen atoms in total. The average molecular weight is 158 g/mol. The summed E-state index contributed by atoms with van der Waals surface area (Å²) < 4.78 is 5.63. The highest BCUT2D eigenvalue weighted by molar-refractivity contribution is 7.99. The quantitative estimate of drug-likeness (QED) is 0.533. The zero-order valence-corrected chi connectivity index (χ0v) is 7.08. The van der Waals surface area contributed by atoms with Gasteiger partial charge in [0.25, 0.3) is 0 Å². The molecular weight excluding hydrogens is 144 g/mol. The Labute approximate surface area is 66.5 Å². The van der Waals surface area contributed by atoms with Crippen LogP contribution in [0, 0.1) is 0 Å². The van der Waals surface area contributed by atoms with E-state index in [1.807, 2.05) is 0 Å². The SMILES string of the molecule is C1CSCCC2(C1)CCO2. The van der Waals surface area contributed by atoms with E-state index in [-0.39, 0.29) is 0 Å². The molecule has 2 aliphatic rings. The first kappa shape index (κ1) is 6.99. The van der Waals surface area contributed by atoms with Gasteiger partial charge >= 0.3 is 0 Å². The lowest BCUT2D eigenvalue weighted by Crippen LogP contribution is -2.43. The van der Waals surface area contributed by atoms with Crippen LogP contribution in [0.25, 0.3) is 0 Å². The van der Waals surface area contributed by atoms with E-state index < -0.39 is 0 Å². The number of hydrogen-bond donors (Lipinski definition) is 0. The standard InChI is InChI=1S/C8H14OS/c1-2-8(3-5-9-8)4-7-10-6-1/h1-7H2. The van der Waals surface area contributed by atoms with Crippen LogP contribution in [0.15, 0.2) is 0 Å². The molecule has 2 aliphatic heterocycles. The minimum atomic E-state index is 0.365. The molecule has 1 spiro atoms. The largest absolute Gasteiger partial charge is 0.375 e. The van der Waals surface area contributed by atoms with Crippen molar-refractivity contribution in [2.45, 2.75) is 31.3 Å². The molecule has 0 aromatic rings. The van der Waals surface area contributed by atoms with Crippen molar-refractivity contribution in [3.05, 3.63) is 0 Å². The van der Waals surface area contributed by atoms with E-state index in [2.05, 4.69) is 11.8 Å². The zero-order chi connectivity index (χ0) is 6.86. The second kappa shape index (κ2) is 2.74. The molecule has 58 valence electrons. The highest BCUT2D eigenvalue weighted by atomic mass is 32.2. The van der Waals surface area contributed by atoms with Gasteiger partial charge in [-0.05, 0) is 37.2 Å². The molecule has 1 unspecified atom stereocenters. The minimum absolute atomic E-state index is 0.365. The number of ether oxygens (including phenoxy) is 1. The lowest BCUT2D eigenvalue weighted by Gasteiger charge is -2.41. The van der Waals surface area contributed by atoms with Gasteiger partial charge in [0.2, 0.25) is 0 Å². The Morgan fingerprint density at radius 3 is 2.70 bits per heavy atom. The topological polar surface area (TPSA) is 9.23 Å². The van der Waals surface area contributed by atoms with Gasteiger partial charge in [-0.25, -0.2) is 0 Å². The monoisotopic (exact) mass is 158 g/mol. The smallest absolute Gasteiger partial charge is 0.0712 e. The van der Waals surface area contributed by atoms with Gasteiger partial charge in [0.15, 0.2) is 0 Å². The second-order valence-electron chi connectivity index (χ2n) is 3.25. The lowest BCUT2D eigenvalue weighted by atomic mass is 9.87. The van der Waals surface area contributed by atoms with Gasteiger partial charge in [0, 0.05) is 0 Å². The van der Waals surface area contributed by atoms with Crippen LogP contribution in [0.3, 0.4) is 0 Å². The molecule has 10 heavy (non-hydrogen) atoms. The van der Waals surface area contributed by atoms with Crippen molar-refractivity contribution < 1.29 is 4.74 Å². The molecule has 2 rings (SSSR count). The molecule has 2 heterocycles. The molecule has 1 atom stereocenters. The fourth-order valence-corrected chi connectivity index (χ4v) is 2.84. The van der Waals surface area contributed by atoms with Crippen LogP contribution in [0.1, 0.15) is 25.7 Å². The van der Waals surface area contributed by atoms with Crippen molar-refractivity contribution in [1.82, 2.24) is 0 Å². The van der Waals surface area contributed by atoms with Gasteiger partial charge < -0.3 is 4.74 Å². The molecule has 0 aliphatic carbocycles. The fraction of sp³-hybridized carbons (Fsp3) is 1.00. The Balaban J connectivity index is 1.92. The van der Waals surface area contributed by atoms with Gasteiger partial charge in [0.05, 0.1) is 12.2 Å². The second-order valence-corrected chi connectivity index (χ2v) is 4.47. The van der Waals surface area contributed by atoms with Crippen LogP contribution < -0.4 is 0 Å². The van der Waals surface area contributed by atoms with Crippen molar-refractivity contribution in [3.63, 3.8) is 0 Å². The molecule has 0 aromatic carbocycles. The molecule has 0 radical (unpaired) electrons. The van der Waals surface area contributed by atoms with Gasteiger partial charge in [-0.15, -0.1) is 0 Å². The lowest BCUT2D eigenvalue weighted by molar-refractivity contribution is -0.151. The van der Waals surface area contributed by atoms with Crippen LogP contribution in [0.4, 0.5) is 0 Å². The highest BCUT2D eigenvalue weighted by Crippen LogP contribution is 2.38. The third-order valence-electron chi connectivity index (χ3n) is 2.59. The summed E-state index contributed by atoms with van der Waals surface area (Å²) in [5.41, 5.74) is 0.365. The molecule has 0 aromatic heterocycles. The first-order valence-electron chi connectivity index (χ1n) is 4.13. The Hall–Kier alpha value is 0.310. The maximum atomic E-state index is 5.63. The Kier molecular flexibility index (Phi) is 1.92. The zero-order valence-electron chi connectivity index (χ0n) is 6.27. The van der Waals surface area contributed by atoms with Crippen molar-refractivity contribution in [2.75, 3.05) is 18.1 Å². The van der Waals surface area contributed by atoms with Crippen molar-refractivity contribution in [2.24, 2.45) is 0 Å². The molecule has 2 saturated heterocycles. The fourth-order valence-electron chi connectivity index (χ4n) is 1.77. The van der Waals surface area contributed by atoms with Crippen LogP contribution in [-0.2, 0) is 4.74 Å². The predicted octanol–water partition coefficient (Wildman–Crippen LogP) is 2.06. The van der Waals surface area contributed by atoms with Gasteiger partial charge in [-0.3, -0.25) is 0 Å².